The summed E-state index contributed by atoms with van der Waals surface area (Å²) in [5, 5.41) is 12.0. The molecule has 0 saturated carbocycles. The van der Waals surface area contributed by atoms with Gasteiger partial charge in [0.15, 0.2) is 0 Å². The summed E-state index contributed by atoms with van der Waals surface area (Å²) in [6, 6.07) is -0.301. The molecule has 2 atom stereocenters. The normalized spacial score (nSPS) is 34.9. The summed E-state index contributed by atoms with van der Waals surface area (Å²) < 4.78 is 0. The van der Waals surface area contributed by atoms with Crippen molar-refractivity contribution >= 4 is 5.78 Å². The Labute approximate surface area is 54.1 Å². The first-order valence-electron chi connectivity index (χ1n) is 3.13. The fourth-order valence-corrected chi connectivity index (χ4v) is 1.10. The van der Waals surface area contributed by atoms with E-state index in [-0.39, 0.29) is 11.8 Å². The fraction of sp³-hybridized carbons (Fsp3) is 0.833. The molecule has 0 aliphatic carbocycles. The van der Waals surface area contributed by atoms with Crippen molar-refractivity contribution in [1.82, 2.24) is 5.32 Å². The van der Waals surface area contributed by atoms with Crippen LogP contribution >= 0.6 is 0 Å². The van der Waals surface area contributed by atoms with Gasteiger partial charge >= 0.3 is 0 Å². The maximum absolute atomic E-state index is 10.6. The van der Waals surface area contributed by atoms with Gasteiger partial charge in [0, 0.05) is 0 Å². The smallest absolute Gasteiger partial charge is 0.149 e. The molecule has 3 heteroatoms. The van der Waals surface area contributed by atoms with Gasteiger partial charge in [-0.1, -0.05) is 0 Å². The van der Waals surface area contributed by atoms with Crippen molar-refractivity contribution in [3.8, 4) is 0 Å². The number of aliphatic hydroxyl groups excluding tert-OH is 1. The lowest BCUT2D eigenvalue weighted by Crippen LogP contribution is -2.36. The quantitative estimate of drug-likeness (QED) is 0.492. The van der Waals surface area contributed by atoms with Gasteiger partial charge in [0.2, 0.25) is 0 Å². The molecule has 52 valence electrons. The van der Waals surface area contributed by atoms with Crippen LogP contribution in [0.25, 0.3) is 0 Å². The number of Topliss-reactive ketones (excluding diaryl/α,β-unsaturated/α-hetero) is 1. The van der Waals surface area contributed by atoms with E-state index in [1.807, 2.05) is 0 Å². The molecule has 0 aromatic carbocycles. The number of hydrogen-bond donors (Lipinski definition) is 2. The fourth-order valence-electron chi connectivity index (χ4n) is 1.10. The molecule has 3 nitrogen and oxygen atoms in total. The second-order valence-electron chi connectivity index (χ2n) is 2.40. The molecule has 1 aliphatic rings. The Kier molecular flexibility index (Phi) is 1.83. The molecule has 1 saturated heterocycles. The molecule has 0 spiro atoms. The van der Waals surface area contributed by atoms with E-state index in [1.54, 1.807) is 0 Å². The van der Waals surface area contributed by atoms with Crippen LogP contribution in [0.1, 0.15) is 13.3 Å². The molecule has 1 rings (SSSR count). The van der Waals surface area contributed by atoms with Gasteiger partial charge < -0.3 is 10.4 Å². The number of rotatable bonds is 1. The molecule has 9 heavy (non-hydrogen) atoms. The monoisotopic (exact) mass is 129 g/mol. The lowest BCUT2D eigenvalue weighted by molar-refractivity contribution is -0.120. The van der Waals surface area contributed by atoms with Gasteiger partial charge in [-0.05, 0) is 19.9 Å². The van der Waals surface area contributed by atoms with Gasteiger partial charge in [0.25, 0.3) is 0 Å². The van der Waals surface area contributed by atoms with E-state index < -0.39 is 6.10 Å². The van der Waals surface area contributed by atoms with Gasteiger partial charge in [-0.2, -0.15) is 0 Å². The largest absolute Gasteiger partial charge is 0.391 e. The summed E-state index contributed by atoms with van der Waals surface area (Å²) in [7, 11) is 0. The third-order valence-electron chi connectivity index (χ3n) is 1.63. The molecule has 2 N–H and O–H groups in total. The van der Waals surface area contributed by atoms with Crippen molar-refractivity contribution in [3.63, 3.8) is 0 Å². The second kappa shape index (κ2) is 2.45. The van der Waals surface area contributed by atoms with E-state index in [1.165, 1.54) is 6.92 Å². The first kappa shape index (κ1) is 6.71. The van der Waals surface area contributed by atoms with Crippen LogP contribution in [0.4, 0.5) is 0 Å². The second-order valence-corrected chi connectivity index (χ2v) is 2.40. The lowest BCUT2D eigenvalue weighted by atomic mass is 10.1. The third-order valence-corrected chi connectivity index (χ3v) is 1.63. The Morgan fingerprint density at radius 1 is 1.78 bits per heavy atom. The molecule has 1 fully saturated rings. The first-order valence-corrected chi connectivity index (χ1v) is 3.13. The summed E-state index contributed by atoms with van der Waals surface area (Å²) in [5.74, 6) is 0.0278. The molecule has 0 aromatic rings. The summed E-state index contributed by atoms with van der Waals surface area (Å²) in [6.45, 7) is 2.25. The van der Waals surface area contributed by atoms with Crippen LogP contribution in [0.3, 0.4) is 0 Å². The van der Waals surface area contributed by atoms with Crippen molar-refractivity contribution in [2.24, 2.45) is 0 Å². The summed E-state index contributed by atoms with van der Waals surface area (Å²) >= 11 is 0. The topological polar surface area (TPSA) is 49.3 Å². The zero-order chi connectivity index (χ0) is 6.85. The third kappa shape index (κ3) is 1.28. The Morgan fingerprint density at radius 2 is 2.44 bits per heavy atom. The molecule has 0 radical (unpaired) electrons. The maximum atomic E-state index is 10.6. The van der Waals surface area contributed by atoms with Crippen molar-refractivity contribution in [2.45, 2.75) is 25.5 Å². The highest BCUT2D eigenvalue weighted by Crippen LogP contribution is 2.06. The highest BCUT2D eigenvalue weighted by molar-refractivity contribution is 5.82. The summed E-state index contributed by atoms with van der Waals surface area (Å²) in [5.41, 5.74) is 0. The minimum atomic E-state index is -0.456. The number of ketones is 1. The number of carbonyl (C=O) groups is 1. The van der Waals surface area contributed by atoms with Crippen molar-refractivity contribution in [1.29, 1.82) is 0 Å². The predicted octanol–water partition coefficient (Wildman–Crippen LogP) is -0.702. The Morgan fingerprint density at radius 3 is 2.67 bits per heavy atom. The number of nitrogens with one attached hydrogen (secondary N) is 1. The number of aliphatic hydroxyl groups is 1. The molecule has 0 aromatic heterocycles. The molecule has 1 heterocycles. The van der Waals surface area contributed by atoms with E-state index in [0.29, 0.717) is 6.42 Å². The highest BCUT2D eigenvalue weighted by atomic mass is 16.3. The van der Waals surface area contributed by atoms with Crippen molar-refractivity contribution in [2.75, 3.05) is 6.54 Å². The Bertz CT molecular complexity index is 124. The minimum Gasteiger partial charge on any atom is -0.391 e. The van der Waals surface area contributed by atoms with Gasteiger partial charge in [-0.25, -0.2) is 0 Å². The number of carbonyl (C=O) groups excluding carboxylic acids is 1. The molecule has 0 amide bonds. The summed E-state index contributed by atoms with van der Waals surface area (Å²) in [6.07, 6.45) is 0.243. The molecule has 0 bridgehead atoms. The molecular formula is C6H11NO2. The van der Waals surface area contributed by atoms with Crippen LogP contribution in [-0.4, -0.2) is 29.6 Å². The standard InChI is InChI=1S/C6H11NO2/c1-4(8)6-5(9)2-3-7-6/h5-7,9H,2-3H2,1H3/t5?,6-/m1/s1. The van der Waals surface area contributed by atoms with E-state index in [4.69, 9.17) is 5.11 Å². The van der Waals surface area contributed by atoms with Crippen LogP contribution in [0.5, 0.6) is 0 Å². The highest BCUT2D eigenvalue weighted by Gasteiger charge is 2.27. The average molecular weight is 129 g/mol. The zero-order valence-corrected chi connectivity index (χ0v) is 5.42. The van der Waals surface area contributed by atoms with Crippen LogP contribution < -0.4 is 5.32 Å². The van der Waals surface area contributed by atoms with Crippen molar-refractivity contribution in [3.05, 3.63) is 0 Å². The number of hydrogen-bond acceptors (Lipinski definition) is 3. The van der Waals surface area contributed by atoms with E-state index in [9.17, 15) is 4.79 Å². The van der Waals surface area contributed by atoms with E-state index >= 15 is 0 Å². The SMILES string of the molecule is CC(=O)[C@H]1NCCC1O. The Hall–Kier alpha value is -0.410. The van der Waals surface area contributed by atoms with Crippen LogP contribution in [0.15, 0.2) is 0 Å². The van der Waals surface area contributed by atoms with Crippen molar-refractivity contribution < 1.29 is 9.90 Å². The van der Waals surface area contributed by atoms with Crippen LogP contribution in [0, 0.1) is 0 Å². The van der Waals surface area contributed by atoms with Crippen LogP contribution in [-0.2, 0) is 4.79 Å². The summed E-state index contributed by atoms with van der Waals surface area (Å²) in [4.78, 5) is 10.6. The molecule has 1 aliphatic heterocycles. The average Bonchev–Trinajstić information content (AvgIpc) is 2.13. The minimum absolute atomic E-state index is 0.0278. The first-order chi connectivity index (χ1) is 4.22. The van der Waals surface area contributed by atoms with E-state index in [0.717, 1.165) is 6.54 Å². The Balaban J connectivity index is 2.49. The van der Waals surface area contributed by atoms with E-state index in [2.05, 4.69) is 5.32 Å². The van der Waals surface area contributed by atoms with Gasteiger partial charge in [-0.15, -0.1) is 0 Å². The van der Waals surface area contributed by atoms with Crippen LogP contribution in [0.2, 0.25) is 0 Å². The van der Waals surface area contributed by atoms with Gasteiger partial charge in [-0.3, -0.25) is 4.79 Å². The van der Waals surface area contributed by atoms with Gasteiger partial charge in [0.05, 0.1) is 12.1 Å². The molecular weight excluding hydrogens is 118 g/mol. The maximum Gasteiger partial charge on any atom is 0.149 e. The zero-order valence-electron chi connectivity index (χ0n) is 5.42. The predicted molar refractivity (Wildman–Crippen MR) is 33.1 cm³/mol. The molecule has 1 unspecified atom stereocenters. The van der Waals surface area contributed by atoms with Gasteiger partial charge in [0.1, 0.15) is 5.78 Å². The lowest BCUT2D eigenvalue weighted by Gasteiger charge is -2.08.